The molecule has 0 aromatic heterocycles. The summed E-state index contributed by atoms with van der Waals surface area (Å²) in [6.07, 6.45) is -0.637. The average Bonchev–Trinajstić information content (AvgIpc) is 2.56. The molecule has 134 valence electrons. The number of carbonyl (C=O) groups is 4. The van der Waals surface area contributed by atoms with Crippen LogP contribution < -0.4 is 0 Å². The van der Waals surface area contributed by atoms with E-state index in [1.165, 1.54) is 30.3 Å². The van der Waals surface area contributed by atoms with Gasteiger partial charge in [-0.15, -0.1) is 0 Å². The van der Waals surface area contributed by atoms with E-state index < -0.39 is 42.3 Å². The van der Waals surface area contributed by atoms with Crippen LogP contribution in [-0.2, 0) is 28.7 Å². The molecule has 0 spiro atoms. The van der Waals surface area contributed by atoms with Gasteiger partial charge in [-0.3, -0.25) is 9.59 Å². The van der Waals surface area contributed by atoms with E-state index >= 15 is 0 Å². The molecule has 0 heterocycles. The first-order chi connectivity index (χ1) is 11.7. The van der Waals surface area contributed by atoms with Crippen LogP contribution in [-0.4, -0.2) is 52.4 Å². The second-order valence-electron chi connectivity index (χ2n) is 4.85. The minimum absolute atomic E-state index is 0.0257. The summed E-state index contributed by atoms with van der Waals surface area (Å²) in [6.45, 7) is 0. The highest BCUT2D eigenvalue weighted by molar-refractivity contribution is 5.91. The zero-order valence-corrected chi connectivity index (χ0v) is 13.1. The van der Waals surface area contributed by atoms with Gasteiger partial charge in [0.1, 0.15) is 11.7 Å². The molecule has 0 bridgehead atoms. The molecule has 3 N–H and O–H groups in total. The molecule has 0 fully saturated rings. The van der Waals surface area contributed by atoms with Gasteiger partial charge in [0.05, 0.1) is 13.5 Å². The maximum absolute atomic E-state index is 11.7. The number of hydrogen-bond donors (Lipinski definition) is 3. The highest BCUT2D eigenvalue weighted by atomic mass is 16.6. The molecular formula is C16H16O9. The number of carbonyl (C=O) groups excluding carboxylic acids is 2. The lowest BCUT2D eigenvalue weighted by molar-refractivity contribution is -0.172. The van der Waals surface area contributed by atoms with Crippen LogP contribution in [0.15, 0.2) is 30.3 Å². The molecule has 9 nitrogen and oxygen atoms in total. The maximum Gasteiger partial charge on any atom is 0.345 e. The Balaban J connectivity index is 2.86. The summed E-state index contributed by atoms with van der Waals surface area (Å²) in [4.78, 5) is 45.4. The lowest BCUT2D eigenvalue weighted by atomic mass is 9.98. The molecular weight excluding hydrogens is 336 g/mol. The van der Waals surface area contributed by atoms with E-state index in [0.29, 0.717) is 5.56 Å². The van der Waals surface area contributed by atoms with Crippen molar-refractivity contribution in [3.8, 4) is 5.75 Å². The van der Waals surface area contributed by atoms with Gasteiger partial charge in [-0.05, 0) is 23.8 Å². The zero-order chi connectivity index (χ0) is 19.0. The van der Waals surface area contributed by atoms with Crippen LogP contribution in [0.2, 0.25) is 0 Å². The SMILES string of the molecule is COC(=O)CC(C(=O)O)C(OC(=O)/C=C/c1ccc(O)cc1)C(=O)O. The van der Waals surface area contributed by atoms with E-state index in [-0.39, 0.29) is 5.75 Å². The fourth-order valence-corrected chi connectivity index (χ4v) is 1.81. The van der Waals surface area contributed by atoms with Crippen molar-refractivity contribution in [1.29, 1.82) is 0 Å². The number of aliphatic carboxylic acids is 2. The van der Waals surface area contributed by atoms with Crippen molar-refractivity contribution in [3.05, 3.63) is 35.9 Å². The number of rotatable bonds is 8. The zero-order valence-electron chi connectivity index (χ0n) is 13.1. The molecule has 1 aromatic carbocycles. The van der Waals surface area contributed by atoms with E-state index in [9.17, 15) is 19.2 Å². The Morgan fingerprint density at radius 2 is 1.68 bits per heavy atom. The van der Waals surface area contributed by atoms with Crippen molar-refractivity contribution in [2.24, 2.45) is 5.92 Å². The molecule has 9 heteroatoms. The third-order valence-corrected chi connectivity index (χ3v) is 3.09. The van der Waals surface area contributed by atoms with E-state index in [0.717, 1.165) is 13.2 Å². The fourth-order valence-electron chi connectivity index (χ4n) is 1.81. The molecule has 0 aliphatic heterocycles. The second-order valence-corrected chi connectivity index (χ2v) is 4.85. The topological polar surface area (TPSA) is 147 Å². The van der Waals surface area contributed by atoms with Crippen LogP contribution >= 0.6 is 0 Å². The summed E-state index contributed by atoms with van der Waals surface area (Å²) < 4.78 is 8.97. The smallest absolute Gasteiger partial charge is 0.345 e. The quantitative estimate of drug-likeness (QED) is 0.453. The highest BCUT2D eigenvalue weighted by Gasteiger charge is 2.38. The van der Waals surface area contributed by atoms with Crippen LogP contribution in [0, 0.1) is 5.92 Å². The number of ether oxygens (including phenoxy) is 2. The molecule has 25 heavy (non-hydrogen) atoms. The molecule has 0 aliphatic rings. The predicted octanol–water partition coefficient (Wildman–Crippen LogP) is 0.666. The van der Waals surface area contributed by atoms with Crippen LogP contribution in [0.1, 0.15) is 12.0 Å². The second kappa shape index (κ2) is 9.06. The van der Waals surface area contributed by atoms with Gasteiger partial charge in [0.2, 0.25) is 6.10 Å². The number of benzene rings is 1. The Bertz CT molecular complexity index is 675. The average molecular weight is 352 g/mol. The first-order valence-corrected chi connectivity index (χ1v) is 6.94. The van der Waals surface area contributed by atoms with E-state index in [1.807, 2.05) is 0 Å². The van der Waals surface area contributed by atoms with Gasteiger partial charge in [-0.1, -0.05) is 12.1 Å². The van der Waals surface area contributed by atoms with E-state index in [2.05, 4.69) is 9.47 Å². The number of carboxylic acids is 2. The van der Waals surface area contributed by atoms with Crippen LogP contribution in [0.4, 0.5) is 0 Å². The molecule has 0 saturated heterocycles. The standard InChI is InChI=1S/C16H16O9/c1-24-13(19)8-11(15(20)21)14(16(22)23)25-12(18)7-4-9-2-5-10(17)6-3-9/h2-7,11,14,17H,8H2,1H3,(H,20,21)(H,22,23)/b7-4+. The maximum atomic E-state index is 11.7. The van der Waals surface area contributed by atoms with Crippen LogP contribution in [0.5, 0.6) is 5.75 Å². The number of phenols is 1. The van der Waals surface area contributed by atoms with E-state index in [1.54, 1.807) is 0 Å². The highest BCUT2D eigenvalue weighted by Crippen LogP contribution is 2.16. The third-order valence-electron chi connectivity index (χ3n) is 3.09. The number of aromatic hydroxyl groups is 1. The van der Waals surface area contributed by atoms with Crippen molar-refractivity contribution >= 4 is 30.0 Å². The lowest BCUT2D eigenvalue weighted by Gasteiger charge is -2.19. The summed E-state index contributed by atoms with van der Waals surface area (Å²) >= 11 is 0. The minimum atomic E-state index is -2.06. The summed E-state index contributed by atoms with van der Waals surface area (Å²) in [5.74, 6) is -7.14. The number of carboxylic acid groups (broad SMARTS) is 2. The molecule has 1 rings (SSSR count). The van der Waals surface area contributed by atoms with Gasteiger partial charge < -0.3 is 24.8 Å². The molecule has 2 unspecified atom stereocenters. The first-order valence-electron chi connectivity index (χ1n) is 6.94. The number of methoxy groups -OCH3 is 1. The van der Waals surface area contributed by atoms with Gasteiger partial charge in [0.25, 0.3) is 0 Å². The van der Waals surface area contributed by atoms with Crippen molar-refractivity contribution in [2.45, 2.75) is 12.5 Å². The summed E-state index contributed by atoms with van der Waals surface area (Å²) in [5, 5.41) is 27.3. The molecule has 0 amide bonds. The summed E-state index contributed by atoms with van der Waals surface area (Å²) in [5.41, 5.74) is 0.519. The Morgan fingerprint density at radius 1 is 1.08 bits per heavy atom. The van der Waals surface area contributed by atoms with Crippen molar-refractivity contribution in [3.63, 3.8) is 0 Å². The molecule has 1 aromatic rings. The molecule has 0 saturated carbocycles. The molecule has 0 aliphatic carbocycles. The summed E-state index contributed by atoms with van der Waals surface area (Å²) in [6, 6.07) is 5.74. The van der Waals surface area contributed by atoms with Gasteiger partial charge in [-0.25, -0.2) is 9.59 Å². The normalized spacial score (nSPS) is 13.0. The number of hydrogen-bond acceptors (Lipinski definition) is 7. The van der Waals surface area contributed by atoms with Gasteiger partial charge in [0.15, 0.2) is 0 Å². The van der Waals surface area contributed by atoms with Crippen molar-refractivity contribution in [2.75, 3.05) is 7.11 Å². The van der Waals surface area contributed by atoms with Crippen molar-refractivity contribution in [1.82, 2.24) is 0 Å². The fraction of sp³-hybridized carbons (Fsp3) is 0.250. The Kier molecular flexibility index (Phi) is 7.14. The van der Waals surface area contributed by atoms with Crippen molar-refractivity contribution < 1.29 is 44.0 Å². The predicted molar refractivity (Wildman–Crippen MR) is 82.4 cm³/mol. The minimum Gasteiger partial charge on any atom is -0.508 e. The third kappa shape index (κ3) is 6.34. The molecule has 2 atom stereocenters. The van der Waals surface area contributed by atoms with Gasteiger partial charge >= 0.3 is 23.9 Å². The Labute approximate surface area is 142 Å². The lowest BCUT2D eigenvalue weighted by Crippen LogP contribution is -2.39. The van der Waals surface area contributed by atoms with E-state index in [4.69, 9.17) is 15.3 Å². The number of esters is 2. The largest absolute Gasteiger partial charge is 0.508 e. The summed E-state index contributed by atoms with van der Waals surface area (Å²) in [7, 11) is 1.02. The van der Waals surface area contributed by atoms with Crippen LogP contribution in [0.25, 0.3) is 6.08 Å². The van der Waals surface area contributed by atoms with Gasteiger partial charge in [0, 0.05) is 6.08 Å². The number of phenolic OH excluding ortho intramolecular Hbond substituents is 1. The molecule has 0 radical (unpaired) electrons. The van der Waals surface area contributed by atoms with Gasteiger partial charge in [-0.2, -0.15) is 0 Å². The monoisotopic (exact) mass is 352 g/mol. The Hall–Kier alpha value is -3.36. The first kappa shape index (κ1) is 19.7. The van der Waals surface area contributed by atoms with Crippen LogP contribution in [0.3, 0.4) is 0 Å². The Morgan fingerprint density at radius 3 is 2.16 bits per heavy atom.